The number of benzene rings is 4. The van der Waals surface area contributed by atoms with Gasteiger partial charge in [0.05, 0.1) is 24.3 Å². The van der Waals surface area contributed by atoms with Crippen LogP contribution in [-0.2, 0) is 18.4 Å². The van der Waals surface area contributed by atoms with Crippen LogP contribution in [0.2, 0.25) is 0 Å². The first kappa shape index (κ1) is 24.8. The Labute approximate surface area is 226 Å². The summed E-state index contributed by atoms with van der Waals surface area (Å²) in [4.78, 5) is 27.7. The predicted octanol–water partition coefficient (Wildman–Crippen LogP) is 5.81. The molecular formula is C33H28N2O4. The minimum atomic E-state index is -0.933. The maximum Gasteiger partial charge on any atom is 0.261 e. The van der Waals surface area contributed by atoms with Gasteiger partial charge in [0.15, 0.2) is 0 Å². The smallest absolute Gasteiger partial charge is 0.261 e. The van der Waals surface area contributed by atoms with Gasteiger partial charge in [0.25, 0.3) is 11.8 Å². The third-order valence-corrected chi connectivity index (χ3v) is 7.38. The van der Waals surface area contributed by atoms with Crippen molar-refractivity contribution >= 4 is 22.7 Å². The van der Waals surface area contributed by atoms with Gasteiger partial charge in [-0.25, -0.2) is 0 Å². The lowest BCUT2D eigenvalue weighted by atomic mass is 9.93. The van der Waals surface area contributed by atoms with Crippen molar-refractivity contribution in [3.8, 4) is 0 Å². The molecule has 0 fully saturated rings. The van der Waals surface area contributed by atoms with Crippen LogP contribution >= 0.6 is 0 Å². The molecule has 39 heavy (non-hydrogen) atoms. The summed E-state index contributed by atoms with van der Waals surface area (Å²) in [5.74, 6) is -0.674. The Morgan fingerprint density at radius 3 is 2.03 bits per heavy atom. The highest BCUT2D eigenvalue weighted by Gasteiger charge is 2.37. The molecule has 2 heterocycles. The Morgan fingerprint density at radius 1 is 0.718 bits per heavy atom. The highest BCUT2D eigenvalue weighted by Crippen LogP contribution is 2.36. The maximum absolute atomic E-state index is 13.2. The topological polar surface area (TPSA) is 71.8 Å². The number of ether oxygens (including phenoxy) is 1. The maximum atomic E-state index is 13.2. The summed E-state index contributed by atoms with van der Waals surface area (Å²) < 4.78 is 8.43. The molecular weight excluding hydrogens is 488 g/mol. The van der Waals surface area contributed by atoms with Crippen LogP contribution in [0.25, 0.3) is 10.9 Å². The number of hydrogen-bond donors (Lipinski definition) is 1. The van der Waals surface area contributed by atoms with E-state index in [0.29, 0.717) is 16.7 Å². The number of aliphatic hydroxyl groups excluding tert-OH is 1. The van der Waals surface area contributed by atoms with Crippen LogP contribution < -0.4 is 0 Å². The molecule has 2 amide bonds. The highest BCUT2D eigenvalue weighted by atomic mass is 16.5. The molecule has 4 aromatic carbocycles. The molecule has 0 saturated carbocycles. The second-order valence-corrected chi connectivity index (χ2v) is 9.80. The Hall–Kier alpha value is -4.52. The number of rotatable bonds is 8. The van der Waals surface area contributed by atoms with E-state index in [1.165, 1.54) is 4.90 Å². The number of hydrogen-bond acceptors (Lipinski definition) is 4. The van der Waals surface area contributed by atoms with E-state index < -0.39 is 12.2 Å². The van der Waals surface area contributed by atoms with E-state index in [1.807, 2.05) is 96.7 Å². The van der Waals surface area contributed by atoms with E-state index in [0.717, 1.165) is 27.6 Å². The van der Waals surface area contributed by atoms with E-state index >= 15 is 0 Å². The van der Waals surface area contributed by atoms with Gasteiger partial charge in [-0.15, -0.1) is 0 Å². The molecule has 5 aromatic rings. The number of aliphatic hydroxyl groups is 1. The number of aryl methyl sites for hydroxylation is 1. The van der Waals surface area contributed by atoms with Crippen molar-refractivity contribution in [3.05, 3.63) is 143 Å². The Balaban J connectivity index is 1.38. The first-order chi connectivity index (χ1) is 19.0. The number of carbonyl (C=O) groups is 2. The summed E-state index contributed by atoms with van der Waals surface area (Å²) in [6.45, 7) is 0.311. The van der Waals surface area contributed by atoms with Gasteiger partial charge in [0.2, 0.25) is 0 Å². The SMILES string of the molecule is Cn1cc([C@H](O)c2ccccc2[C@H](CN2C(=O)c3ccccc3C2=O)OCc2ccccc2)c2ccccc21. The Morgan fingerprint density at radius 2 is 1.31 bits per heavy atom. The molecule has 6 heteroatoms. The number of carbonyl (C=O) groups excluding carboxylic acids is 2. The molecule has 0 aliphatic carbocycles. The van der Waals surface area contributed by atoms with Gasteiger partial charge in [0, 0.05) is 29.7 Å². The summed E-state index contributed by atoms with van der Waals surface area (Å²) in [7, 11) is 1.96. The zero-order chi connectivity index (χ0) is 26.9. The summed E-state index contributed by atoms with van der Waals surface area (Å²) in [5, 5.41) is 12.7. The van der Waals surface area contributed by atoms with Crippen LogP contribution in [0.1, 0.15) is 55.2 Å². The number of imide groups is 1. The van der Waals surface area contributed by atoms with Crippen molar-refractivity contribution in [2.45, 2.75) is 18.8 Å². The van der Waals surface area contributed by atoms with Crippen molar-refractivity contribution in [2.75, 3.05) is 6.54 Å². The van der Waals surface area contributed by atoms with Crippen LogP contribution in [0.15, 0.2) is 109 Å². The van der Waals surface area contributed by atoms with Gasteiger partial charge in [-0.05, 0) is 34.9 Å². The molecule has 1 aliphatic rings. The molecule has 0 spiro atoms. The minimum Gasteiger partial charge on any atom is -0.384 e. The summed E-state index contributed by atoms with van der Waals surface area (Å²) in [6, 6.07) is 32.1. The Bertz CT molecular complexity index is 1640. The summed E-state index contributed by atoms with van der Waals surface area (Å²) in [5.41, 5.74) is 4.96. The van der Waals surface area contributed by atoms with Crippen molar-refractivity contribution in [2.24, 2.45) is 7.05 Å². The first-order valence-corrected chi connectivity index (χ1v) is 12.9. The van der Waals surface area contributed by atoms with E-state index in [1.54, 1.807) is 24.3 Å². The first-order valence-electron chi connectivity index (χ1n) is 12.9. The lowest BCUT2D eigenvalue weighted by Crippen LogP contribution is -2.35. The quantitative estimate of drug-likeness (QED) is 0.264. The van der Waals surface area contributed by atoms with Crippen LogP contribution in [-0.4, -0.2) is 32.9 Å². The number of para-hydroxylation sites is 1. The highest BCUT2D eigenvalue weighted by molar-refractivity contribution is 6.21. The van der Waals surface area contributed by atoms with Gasteiger partial charge < -0.3 is 14.4 Å². The molecule has 1 aromatic heterocycles. The van der Waals surface area contributed by atoms with Gasteiger partial charge in [-0.3, -0.25) is 14.5 Å². The average molecular weight is 517 g/mol. The predicted molar refractivity (Wildman–Crippen MR) is 149 cm³/mol. The van der Waals surface area contributed by atoms with Gasteiger partial charge in [-0.2, -0.15) is 0 Å². The molecule has 1 N–H and O–H groups in total. The number of nitrogens with zero attached hydrogens (tertiary/aromatic N) is 2. The molecule has 0 unspecified atom stereocenters. The van der Waals surface area contributed by atoms with Gasteiger partial charge >= 0.3 is 0 Å². The largest absolute Gasteiger partial charge is 0.384 e. The number of amides is 2. The standard InChI is InChI=1S/C33H28N2O4/c1-34-19-28(23-13-9-10-18-29(23)34)31(36)25-15-6-5-14-24(25)30(39-21-22-11-3-2-4-12-22)20-35-32(37)26-16-7-8-17-27(26)33(35)38/h2-19,30-31,36H,20-21H2,1H3/t30-,31+/m0/s1. The summed E-state index contributed by atoms with van der Waals surface area (Å²) >= 11 is 0. The zero-order valence-corrected chi connectivity index (χ0v) is 21.5. The third-order valence-electron chi connectivity index (χ3n) is 7.38. The van der Waals surface area contributed by atoms with Crippen LogP contribution in [0.4, 0.5) is 0 Å². The normalized spacial score (nSPS) is 14.6. The zero-order valence-electron chi connectivity index (χ0n) is 21.5. The third kappa shape index (κ3) is 4.54. The van der Waals surface area contributed by atoms with Gasteiger partial charge in [-0.1, -0.05) is 84.9 Å². The van der Waals surface area contributed by atoms with E-state index in [-0.39, 0.29) is 25.0 Å². The van der Waals surface area contributed by atoms with Crippen LogP contribution in [0.5, 0.6) is 0 Å². The molecule has 6 nitrogen and oxygen atoms in total. The second kappa shape index (κ2) is 10.3. The van der Waals surface area contributed by atoms with Crippen molar-refractivity contribution in [1.29, 1.82) is 0 Å². The van der Waals surface area contributed by atoms with Crippen molar-refractivity contribution < 1.29 is 19.4 Å². The molecule has 6 rings (SSSR count). The Kier molecular flexibility index (Phi) is 6.57. The van der Waals surface area contributed by atoms with Gasteiger partial charge in [0.1, 0.15) is 12.2 Å². The fourth-order valence-corrected chi connectivity index (χ4v) is 5.39. The number of aromatic nitrogens is 1. The molecule has 194 valence electrons. The summed E-state index contributed by atoms with van der Waals surface area (Å²) in [6.07, 6.45) is 0.348. The van der Waals surface area contributed by atoms with Crippen molar-refractivity contribution in [1.82, 2.24) is 9.47 Å². The minimum absolute atomic E-state index is 0.0262. The average Bonchev–Trinajstić information content (AvgIpc) is 3.44. The number of fused-ring (bicyclic) bond motifs is 2. The molecule has 0 bridgehead atoms. The molecule has 0 saturated heterocycles. The second-order valence-electron chi connectivity index (χ2n) is 9.80. The molecule has 0 radical (unpaired) electrons. The lowest BCUT2D eigenvalue weighted by molar-refractivity contribution is 0.0142. The van der Waals surface area contributed by atoms with E-state index in [2.05, 4.69) is 0 Å². The van der Waals surface area contributed by atoms with Crippen molar-refractivity contribution in [3.63, 3.8) is 0 Å². The van der Waals surface area contributed by atoms with E-state index in [4.69, 9.17) is 4.74 Å². The van der Waals surface area contributed by atoms with Crippen LogP contribution in [0, 0.1) is 0 Å². The molecule has 1 aliphatic heterocycles. The fraction of sp³-hybridized carbons (Fsp3) is 0.152. The fourth-order valence-electron chi connectivity index (χ4n) is 5.39. The van der Waals surface area contributed by atoms with E-state index in [9.17, 15) is 14.7 Å². The molecule has 2 atom stereocenters. The monoisotopic (exact) mass is 516 g/mol. The van der Waals surface area contributed by atoms with Crippen LogP contribution in [0.3, 0.4) is 0 Å². The lowest BCUT2D eigenvalue weighted by Gasteiger charge is -2.26.